The minimum atomic E-state index is -1.55. The lowest BCUT2D eigenvalue weighted by atomic mass is 10.3. The van der Waals surface area contributed by atoms with Crippen molar-refractivity contribution in [2.45, 2.75) is 0 Å². The molecule has 26 heavy (non-hydrogen) atoms. The lowest BCUT2D eigenvalue weighted by molar-refractivity contribution is -0.385. The molecule has 2 aromatic rings. The lowest BCUT2D eigenvalue weighted by Gasteiger charge is -2.09. The van der Waals surface area contributed by atoms with E-state index >= 15 is 0 Å². The fourth-order valence-corrected chi connectivity index (χ4v) is 2.80. The molecule has 2 rings (SSSR count). The Balaban J connectivity index is 2.37. The Hall–Kier alpha value is -2.33. The van der Waals surface area contributed by atoms with Crippen LogP contribution in [0.1, 0.15) is 0 Å². The van der Waals surface area contributed by atoms with Gasteiger partial charge in [0.05, 0.1) is 19.9 Å². The first-order valence-corrected chi connectivity index (χ1v) is 7.78. The molecule has 2 aromatic carbocycles. The summed E-state index contributed by atoms with van der Waals surface area (Å²) in [5.41, 5.74) is -1.42. The van der Waals surface area contributed by atoms with E-state index in [1.807, 2.05) is 0 Å². The smallest absolute Gasteiger partial charge is 0.386 e. The second kappa shape index (κ2) is 7.92. The molecule has 0 N–H and O–H groups in total. The number of hydrogen-bond donors (Lipinski definition) is 0. The van der Waals surface area contributed by atoms with Crippen LogP contribution >= 0.6 is 46.4 Å². The molecule has 0 spiro atoms. The Morgan fingerprint density at radius 3 is 1.42 bits per heavy atom. The number of carbonyl (C=O) groups is 1. The van der Waals surface area contributed by atoms with Crippen LogP contribution in [0.2, 0.25) is 20.1 Å². The zero-order valence-electron chi connectivity index (χ0n) is 12.1. The van der Waals surface area contributed by atoms with Crippen LogP contribution in [0.3, 0.4) is 0 Å². The van der Waals surface area contributed by atoms with Gasteiger partial charge in [0.2, 0.25) is 11.5 Å². The van der Waals surface area contributed by atoms with Crippen molar-refractivity contribution in [1.29, 1.82) is 0 Å². The number of benzene rings is 2. The molecule has 0 heterocycles. The van der Waals surface area contributed by atoms with Crippen molar-refractivity contribution in [2.24, 2.45) is 0 Å². The van der Waals surface area contributed by atoms with Crippen LogP contribution in [-0.4, -0.2) is 16.0 Å². The second-order valence-electron chi connectivity index (χ2n) is 4.44. The first-order valence-electron chi connectivity index (χ1n) is 6.26. The standard InChI is InChI=1S/C13H4Cl4N2O7/c14-5-1-7(16)11(9(3-5)18(21)22)25-13(20)26-12-8(17)2-6(15)4-10(12)19(23)24/h1-4H. The van der Waals surface area contributed by atoms with Crippen LogP contribution in [-0.2, 0) is 0 Å². The third kappa shape index (κ3) is 4.44. The summed E-state index contributed by atoms with van der Waals surface area (Å²) < 4.78 is 9.42. The number of rotatable bonds is 4. The highest BCUT2D eigenvalue weighted by molar-refractivity contribution is 6.36. The number of nitrogens with zero attached hydrogens (tertiary/aromatic N) is 2. The highest BCUT2D eigenvalue weighted by Gasteiger charge is 2.27. The lowest BCUT2D eigenvalue weighted by Crippen LogP contribution is -2.16. The minimum Gasteiger partial charge on any atom is -0.386 e. The Morgan fingerprint density at radius 1 is 0.769 bits per heavy atom. The van der Waals surface area contributed by atoms with E-state index in [4.69, 9.17) is 55.9 Å². The summed E-state index contributed by atoms with van der Waals surface area (Å²) in [5, 5.41) is 21.2. The van der Waals surface area contributed by atoms with Crippen LogP contribution < -0.4 is 9.47 Å². The first kappa shape index (κ1) is 20.0. The van der Waals surface area contributed by atoms with Crippen LogP contribution in [0, 0.1) is 20.2 Å². The SMILES string of the molecule is O=C(Oc1c(Cl)cc(Cl)cc1[N+](=O)[O-])Oc1c(Cl)cc(Cl)cc1[N+](=O)[O-]. The summed E-state index contributed by atoms with van der Waals surface area (Å²) in [4.78, 5) is 32.2. The minimum absolute atomic E-state index is 0.0706. The van der Waals surface area contributed by atoms with Crippen molar-refractivity contribution in [3.63, 3.8) is 0 Å². The van der Waals surface area contributed by atoms with Gasteiger partial charge in [0.1, 0.15) is 0 Å². The molecular formula is C13H4Cl4N2O7. The molecule has 136 valence electrons. The molecule has 0 aliphatic carbocycles. The molecule has 0 unspecified atom stereocenters. The van der Waals surface area contributed by atoms with Crippen LogP contribution in [0.25, 0.3) is 0 Å². The molecule has 0 amide bonds. The van der Waals surface area contributed by atoms with Crippen LogP contribution in [0.5, 0.6) is 11.5 Å². The maximum atomic E-state index is 11.9. The average molecular weight is 442 g/mol. The zero-order valence-corrected chi connectivity index (χ0v) is 15.1. The van der Waals surface area contributed by atoms with Gasteiger partial charge in [-0.1, -0.05) is 46.4 Å². The van der Waals surface area contributed by atoms with Gasteiger partial charge in [-0.2, -0.15) is 0 Å². The molecule has 0 fully saturated rings. The predicted molar refractivity (Wildman–Crippen MR) is 92.9 cm³/mol. The fourth-order valence-electron chi connectivity index (χ4n) is 1.75. The monoisotopic (exact) mass is 440 g/mol. The van der Waals surface area contributed by atoms with Gasteiger partial charge >= 0.3 is 17.5 Å². The van der Waals surface area contributed by atoms with Crippen molar-refractivity contribution < 1.29 is 24.1 Å². The molecule has 0 atom stereocenters. The number of hydrogen-bond acceptors (Lipinski definition) is 7. The number of ether oxygens (including phenoxy) is 2. The van der Waals surface area contributed by atoms with E-state index in [9.17, 15) is 25.0 Å². The molecular weight excluding hydrogens is 438 g/mol. The van der Waals surface area contributed by atoms with Crippen molar-refractivity contribution in [2.75, 3.05) is 0 Å². The highest BCUT2D eigenvalue weighted by atomic mass is 35.5. The number of nitro groups is 2. The van der Waals surface area contributed by atoms with E-state index in [0.29, 0.717) is 0 Å². The molecule has 0 saturated heterocycles. The Morgan fingerprint density at radius 2 is 1.12 bits per heavy atom. The van der Waals surface area contributed by atoms with Gasteiger partial charge in [-0.15, -0.1) is 0 Å². The number of nitro benzene ring substituents is 2. The van der Waals surface area contributed by atoms with E-state index in [1.54, 1.807) is 0 Å². The topological polar surface area (TPSA) is 122 Å². The Labute approximate surface area is 164 Å². The quantitative estimate of drug-likeness (QED) is 0.258. The van der Waals surface area contributed by atoms with Crippen molar-refractivity contribution in [3.8, 4) is 11.5 Å². The van der Waals surface area contributed by atoms with Crippen molar-refractivity contribution in [3.05, 3.63) is 64.6 Å². The van der Waals surface area contributed by atoms with Crippen molar-refractivity contribution in [1.82, 2.24) is 0 Å². The van der Waals surface area contributed by atoms with Gasteiger partial charge in [0, 0.05) is 22.2 Å². The normalized spacial score (nSPS) is 10.3. The van der Waals surface area contributed by atoms with E-state index in [2.05, 4.69) is 0 Å². The summed E-state index contributed by atoms with van der Waals surface area (Å²) in [6.45, 7) is 0. The van der Waals surface area contributed by atoms with Crippen LogP contribution in [0.4, 0.5) is 16.2 Å². The van der Waals surface area contributed by atoms with Gasteiger partial charge < -0.3 is 9.47 Å². The van der Waals surface area contributed by atoms with Crippen LogP contribution in [0.15, 0.2) is 24.3 Å². The summed E-state index contributed by atoms with van der Waals surface area (Å²) >= 11 is 22.9. The molecule has 0 bridgehead atoms. The van der Waals surface area contributed by atoms with E-state index in [0.717, 1.165) is 24.3 Å². The molecule has 0 aromatic heterocycles. The summed E-state index contributed by atoms with van der Waals surface area (Å²) in [5.74, 6) is -1.31. The molecule has 0 aliphatic heterocycles. The fraction of sp³-hybridized carbons (Fsp3) is 0. The molecule has 9 nitrogen and oxygen atoms in total. The van der Waals surface area contributed by atoms with Gasteiger partial charge in [0.25, 0.3) is 0 Å². The average Bonchev–Trinajstić information content (AvgIpc) is 2.51. The maximum absolute atomic E-state index is 11.9. The summed E-state index contributed by atoms with van der Waals surface area (Å²) in [6, 6.07) is 3.98. The molecule has 0 aliphatic rings. The number of halogens is 4. The van der Waals surface area contributed by atoms with E-state index in [1.165, 1.54) is 0 Å². The van der Waals surface area contributed by atoms with E-state index in [-0.39, 0.29) is 20.1 Å². The Bertz CT molecular complexity index is 862. The zero-order chi connectivity index (χ0) is 19.6. The summed E-state index contributed by atoms with van der Waals surface area (Å²) in [6.07, 6.45) is -1.55. The van der Waals surface area contributed by atoms with E-state index < -0.39 is 38.9 Å². The molecule has 0 saturated carbocycles. The third-order valence-electron chi connectivity index (χ3n) is 2.74. The third-order valence-corrected chi connectivity index (χ3v) is 3.74. The molecule has 13 heteroatoms. The maximum Gasteiger partial charge on any atom is 0.520 e. The first-order chi connectivity index (χ1) is 12.1. The largest absolute Gasteiger partial charge is 0.520 e. The van der Waals surface area contributed by atoms with Crippen molar-refractivity contribution >= 4 is 63.9 Å². The Kier molecular flexibility index (Phi) is 6.09. The van der Waals surface area contributed by atoms with Gasteiger partial charge in [-0.25, -0.2) is 4.79 Å². The molecule has 0 radical (unpaired) electrons. The highest BCUT2D eigenvalue weighted by Crippen LogP contribution is 2.40. The van der Waals surface area contributed by atoms with Gasteiger partial charge in [-0.05, 0) is 12.1 Å². The second-order valence-corrected chi connectivity index (χ2v) is 6.13. The van der Waals surface area contributed by atoms with Gasteiger partial charge in [0.15, 0.2) is 0 Å². The van der Waals surface area contributed by atoms with Gasteiger partial charge in [-0.3, -0.25) is 20.2 Å². The number of carbonyl (C=O) groups excluding carboxylic acids is 1. The summed E-state index contributed by atoms with van der Waals surface area (Å²) in [7, 11) is 0. The predicted octanol–water partition coefficient (Wildman–Crippen LogP) is 5.69.